The number of benzene rings is 2. The van der Waals surface area contributed by atoms with Crippen LogP contribution in [0.15, 0.2) is 53.4 Å². The molecule has 0 saturated heterocycles. The molecule has 0 unspecified atom stereocenters. The molecule has 138 valence electrons. The third-order valence-corrected chi connectivity index (χ3v) is 4.93. The van der Waals surface area contributed by atoms with Crippen LogP contribution in [0.3, 0.4) is 0 Å². The molecule has 2 aromatic carbocycles. The number of ether oxygens (including phenoxy) is 1. The number of amides is 2. The van der Waals surface area contributed by atoms with Crippen LogP contribution < -0.4 is 20.5 Å². The number of methoxy groups -OCH3 is 1. The van der Waals surface area contributed by atoms with Gasteiger partial charge in [-0.2, -0.15) is 0 Å². The van der Waals surface area contributed by atoms with E-state index in [1.807, 2.05) is 0 Å². The summed E-state index contributed by atoms with van der Waals surface area (Å²) in [7, 11) is -2.26. The van der Waals surface area contributed by atoms with Crippen LogP contribution in [0.5, 0.6) is 5.75 Å². The van der Waals surface area contributed by atoms with Crippen molar-refractivity contribution in [3.05, 3.63) is 54.1 Å². The van der Waals surface area contributed by atoms with E-state index in [4.69, 9.17) is 10.5 Å². The molecule has 0 atom stereocenters. The largest absolute Gasteiger partial charge is 0.495 e. The van der Waals surface area contributed by atoms with Crippen LogP contribution in [0.2, 0.25) is 0 Å². The Morgan fingerprint density at radius 1 is 1.12 bits per heavy atom. The second-order valence-electron chi connectivity index (χ2n) is 5.29. The van der Waals surface area contributed by atoms with Gasteiger partial charge in [0.25, 0.3) is 0 Å². The molecule has 0 aliphatic carbocycles. The lowest BCUT2D eigenvalue weighted by Gasteiger charge is -2.11. The number of anilines is 1. The monoisotopic (exact) mass is 377 g/mol. The maximum atomic E-state index is 12.1. The Labute approximate surface area is 151 Å². The van der Waals surface area contributed by atoms with E-state index in [9.17, 15) is 18.0 Å². The molecule has 0 radical (unpaired) electrons. The minimum atomic E-state index is -3.68. The highest BCUT2D eigenvalue weighted by atomic mass is 32.2. The predicted octanol–water partition coefficient (Wildman–Crippen LogP) is 1.10. The number of rotatable bonds is 8. The highest BCUT2D eigenvalue weighted by Crippen LogP contribution is 2.25. The van der Waals surface area contributed by atoms with E-state index in [0.29, 0.717) is 5.75 Å². The molecule has 2 amide bonds. The summed E-state index contributed by atoms with van der Waals surface area (Å²) in [5, 5.41) is 2.58. The summed E-state index contributed by atoms with van der Waals surface area (Å²) in [5.41, 5.74) is 5.71. The Balaban J connectivity index is 1.97. The van der Waals surface area contributed by atoms with Crippen molar-refractivity contribution in [1.29, 1.82) is 0 Å². The molecule has 0 spiro atoms. The quantitative estimate of drug-likeness (QED) is 0.635. The first-order chi connectivity index (χ1) is 12.3. The van der Waals surface area contributed by atoms with Crippen molar-refractivity contribution in [2.45, 2.75) is 11.3 Å². The van der Waals surface area contributed by atoms with E-state index < -0.39 is 21.8 Å². The number of hydrogen-bond donors (Lipinski definition) is 3. The Bertz CT molecular complexity index is 898. The van der Waals surface area contributed by atoms with E-state index >= 15 is 0 Å². The van der Waals surface area contributed by atoms with Crippen molar-refractivity contribution in [3.8, 4) is 5.75 Å². The van der Waals surface area contributed by atoms with Gasteiger partial charge in [0, 0.05) is 18.5 Å². The van der Waals surface area contributed by atoms with Crippen molar-refractivity contribution >= 4 is 27.5 Å². The van der Waals surface area contributed by atoms with E-state index in [2.05, 4.69) is 10.0 Å². The van der Waals surface area contributed by atoms with Crippen LogP contribution in [0.25, 0.3) is 0 Å². The van der Waals surface area contributed by atoms with Crippen molar-refractivity contribution in [2.75, 3.05) is 19.0 Å². The normalized spacial score (nSPS) is 11.0. The minimum absolute atomic E-state index is 0.0825. The fourth-order valence-corrected chi connectivity index (χ4v) is 3.21. The molecule has 4 N–H and O–H groups in total. The van der Waals surface area contributed by atoms with Gasteiger partial charge in [-0.15, -0.1) is 0 Å². The average molecular weight is 377 g/mol. The van der Waals surface area contributed by atoms with Crippen LogP contribution in [0, 0.1) is 0 Å². The molecule has 0 bridgehead atoms. The first kappa shape index (κ1) is 19.4. The van der Waals surface area contributed by atoms with Gasteiger partial charge in [0.2, 0.25) is 21.8 Å². The lowest BCUT2D eigenvalue weighted by atomic mass is 10.1. The number of primary amides is 1. The molecule has 26 heavy (non-hydrogen) atoms. The molecule has 0 fully saturated rings. The van der Waals surface area contributed by atoms with Gasteiger partial charge in [-0.1, -0.05) is 18.2 Å². The zero-order valence-electron chi connectivity index (χ0n) is 14.1. The van der Waals surface area contributed by atoms with Gasteiger partial charge in [0.1, 0.15) is 5.75 Å². The Morgan fingerprint density at radius 2 is 1.81 bits per heavy atom. The number of nitrogens with one attached hydrogen (secondary N) is 2. The first-order valence-corrected chi connectivity index (χ1v) is 9.14. The molecule has 0 heterocycles. The summed E-state index contributed by atoms with van der Waals surface area (Å²) in [6.07, 6.45) is -0.101. The molecule has 2 rings (SSSR count). The number of nitrogens with two attached hydrogens (primary N) is 1. The third-order valence-electron chi connectivity index (χ3n) is 3.46. The summed E-state index contributed by atoms with van der Waals surface area (Å²) < 4.78 is 31.6. The molecule has 2 aromatic rings. The standard InChI is InChI=1S/C17H19N3O5S/c1-25-15-8-7-12(17(18)22)11-14(15)20-16(21)9-10-19-26(23,24)13-5-3-2-4-6-13/h2-8,11,19H,9-10H2,1H3,(H2,18,22)(H,20,21). The minimum Gasteiger partial charge on any atom is -0.495 e. The first-order valence-electron chi connectivity index (χ1n) is 7.66. The summed E-state index contributed by atoms with van der Waals surface area (Å²) in [5.74, 6) is -0.729. The highest BCUT2D eigenvalue weighted by molar-refractivity contribution is 7.89. The number of carbonyl (C=O) groups excluding carboxylic acids is 2. The SMILES string of the molecule is COc1ccc(C(N)=O)cc1NC(=O)CCNS(=O)(=O)c1ccccc1. The van der Waals surface area contributed by atoms with E-state index in [0.717, 1.165) is 0 Å². The van der Waals surface area contributed by atoms with Gasteiger partial charge in [-0.05, 0) is 30.3 Å². The summed E-state index contributed by atoms with van der Waals surface area (Å²) in [4.78, 5) is 23.4. The lowest BCUT2D eigenvalue weighted by Crippen LogP contribution is -2.28. The zero-order valence-corrected chi connectivity index (χ0v) is 14.9. The fourth-order valence-electron chi connectivity index (χ4n) is 2.15. The van der Waals surface area contributed by atoms with Gasteiger partial charge in [-0.3, -0.25) is 9.59 Å². The van der Waals surface area contributed by atoms with Gasteiger partial charge in [-0.25, -0.2) is 13.1 Å². The maximum Gasteiger partial charge on any atom is 0.248 e. The van der Waals surface area contributed by atoms with E-state index in [1.54, 1.807) is 18.2 Å². The van der Waals surface area contributed by atoms with Crippen molar-refractivity contribution in [1.82, 2.24) is 4.72 Å². The Morgan fingerprint density at radius 3 is 2.42 bits per heavy atom. The second kappa shape index (κ2) is 8.45. The van der Waals surface area contributed by atoms with Gasteiger partial charge in [0.05, 0.1) is 17.7 Å². The summed E-state index contributed by atoms with van der Waals surface area (Å²) in [6, 6.07) is 12.2. The highest BCUT2D eigenvalue weighted by Gasteiger charge is 2.15. The maximum absolute atomic E-state index is 12.1. The number of hydrogen-bond acceptors (Lipinski definition) is 5. The summed E-state index contributed by atoms with van der Waals surface area (Å²) in [6.45, 7) is -0.0825. The number of sulfonamides is 1. The van der Waals surface area contributed by atoms with Gasteiger partial charge in [0.15, 0.2) is 0 Å². The Kier molecular flexibility index (Phi) is 6.31. The molecule has 9 heteroatoms. The van der Waals surface area contributed by atoms with Crippen molar-refractivity contribution < 1.29 is 22.7 Å². The van der Waals surface area contributed by atoms with Crippen LogP contribution in [0.4, 0.5) is 5.69 Å². The van der Waals surface area contributed by atoms with Crippen LogP contribution >= 0.6 is 0 Å². The lowest BCUT2D eigenvalue weighted by molar-refractivity contribution is -0.116. The molecule has 0 aliphatic heterocycles. The van der Waals surface area contributed by atoms with E-state index in [1.165, 1.54) is 37.4 Å². The number of carbonyl (C=O) groups is 2. The third kappa shape index (κ3) is 5.04. The smallest absolute Gasteiger partial charge is 0.248 e. The molecular weight excluding hydrogens is 358 g/mol. The molecule has 0 aliphatic rings. The zero-order chi connectivity index (χ0) is 19.2. The second-order valence-corrected chi connectivity index (χ2v) is 7.06. The predicted molar refractivity (Wildman–Crippen MR) is 96.4 cm³/mol. The summed E-state index contributed by atoms with van der Waals surface area (Å²) >= 11 is 0. The van der Waals surface area contributed by atoms with Crippen molar-refractivity contribution in [3.63, 3.8) is 0 Å². The van der Waals surface area contributed by atoms with Crippen LogP contribution in [-0.2, 0) is 14.8 Å². The fraction of sp³-hybridized carbons (Fsp3) is 0.176. The van der Waals surface area contributed by atoms with E-state index in [-0.39, 0.29) is 29.1 Å². The molecule has 8 nitrogen and oxygen atoms in total. The molecular formula is C17H19N3O5S. The van der Waals surface area contributed by atoms with Gasteiger partial charge >= 0.3 is 0 Å². The van der Waals surface area contributed by atoms with Crippen molar-refractivity contribution in [2.24, 2.45) is 5.73 Å². The Hall–Kier alpha value is -2.91. The van der Waals surface area contributed by atoms with Gasteiger partial charge < -0.3 is 15.8 Å². The average Bonchev–Trinajstić information content (AvgIpc) is 2.62. The topological polar surface area (TPSA) is 128 Å². The van der Waals surface area contributed by atoms with Crippen LogP contribution in [0.1, 0.15) is 16.8 Å². The molecule has 0 aromatic heterocycles. The van der Waals surface area contributed by atoms with Crippen LogP contribution in [-0.4, -0.2) is 33.9 Å². The molecule has 0 saturated carbocycles.